The smallest absolute Gasteiger partial charge is 0.349 e. The monoisotopic (exact) mass is 254 g/mol. The number of hydrogen-bond acceptors (Lipinski definition) is 3. The van der Waals surface area contributed by atoms with E-state index in [1.54, 1.807) is 0 Å². The first-order valence-electron chi connectivity index (χ1n) is 6.23. The molecule has 1 aromatic heterocycles. The molecule has 1 aliphatic rings. The Morgan fingerprint density at radius 3 is 2.76 bits per heavy atom. The molecular weight excluding hydrogens is 236 g/mol. The van der Waals surface area contributed by atoms with Crippen LogP contribution in [-0.2, 0) is 6.42 Å². The summed E-state index contributed by atoms with van der Waals surface area (Å²) >= 11 is 1.33. The Hall–Kier alpha value is -1.03. The number of carbonyl (C=O) groups is 1. The molecule has 1 aromatic rings. The van der Waals surface area contributed by atoms with Crippen molar-refractivity contribution >= 4 is 17.3 Å². The summed E-state index contributed by atoms with van der Waals surface area (Å²) < 4.78 is 5.86. The van der Waals surface area contributed by atoms with E-state index in [4.69, 9.17) is 9.84 Å². The van der Waals surface area contributed by atoms with Crippen molar-refractivity contribution in [3.63, 3.8) is 0 Å². The van der Waals surface area contributed by atoms with Gasteiger partial charge in [-0.1, -0.05) is 13.3 Å². The van der Waals surface area contributed by atoms with Gasteiger partial charge in [0.2, 0.25) is 0 Å². The van der Waals surface area contributed by atoms with Gasteiger partial charge in [0.15, 0.2) is 4.88 Å². The second-order valence-electron chi connectivity index (χ2n) is 4.44. The van der Waals surface area contributed by atoms with Crippen LogP contribution in [0.3, 0.4) is 0 Å². The van der Waals surface area contributed by atoms with Crippen molar-refractivity contribution in [3.8, 4) is 5.75 Å². The fraction of sp³-hybridized carbons (Fsp3) is 0.615. The highest BCUT2D eigenvalue weighted by molar-refractivity contribution is 7.14. The van der Waals surface area contributed by atoms with Gasteiger partial charge in [-0.2, -0.15) is 0 Å². The zero-order chi connectivity index (χ0) is 12.3. The van der Waals surface area contributed by atoms with E-state index in [0.717, 1.165) is 24.1 Å². The highest BCUT2D eigenvalue weighted by Crippen LogP contribution is 2.32. The minimum atomic E-state index is -0.875. The summed E-state index contributed by atoms with van der Waals surface area (Å²) in [6.07, 6.45) is 6.83. The van der Waals surface area contributed by atoms with E-state index in [9.17, 15) is 4.79 Å². The molecule has 2 rings (SSSR count). The van der Waals surface area contributed by atoms with E-state index in [1.165, 1.54) is 30.6 Å². The van der Waals surface area contributed by atoms with Crippen molar-refractivity contribution in [1.82, 2.24) is 0 Å². The topological polar surface area (TPSA) is 46.5 Å². The molecule has 0 aliphatic heterocycles. The first kappa shape index (κ1) is 12.4. The zero-order valence-electron chi connectivity index (χ0n) is 10.1. The summed E-state index contributed by atoms with van der Waals surface area (Å²) in [7, 11) is 0. The molecule has 94 valence electrons. The maximum Gasteiger partial charge on any atom is 0.349 e. The molecule has 1 heterocycles. The van der Waals surface area contributed by atoms with Crippen LogP contribution in [-0.4, -0.2) is 17.2 Å². The number of thiophene rings is 1. The number of hydrogen-bond donors (Lipinski definition) is 1. The Kier molecular flexibility index (Phi) is 4.05. The SMILES string of the molecule is CCc1cc(OC2CCCCC2)c(C(=O)O)s1. The van der Waals surface area contributed by atoms with Crippen LogP contribution in [0.25, 0.3) is 0 Å². The van der Waals surface area contributed by atoms with Crippen LogP contribution >= 0.6 is 11.3 Å². The van der Waals surface area contributed by atoms with Crippen molar-refractivity contribution in [2.75, 3.05) is 0 Å². The molecule has 0 unspecified atom stereocenters. The van der Waals surface area contributed by atoms with E-state index in [-0.39, 0.29) is 6.10 Å². The van der Waals surface area contributed by atoms with Gasteiger partial charge >= 0.3 is 5.97 Å². The predicted molar refractivity (Wildman–Crippen MR) is 68.2 cm³/mol. The van der Waals surface area contributed by atoms with Gasteiger partial charge in [-0.3, -0.25) is 0 Å². The largest absolute Gasteiger partial charge is 0.489 e. The first-order chi connectivity index (χ1) is 8.20. The minimum Gasteiger partial charge on any atom is -0.489 e. The van der Waals surface area contributed by atoms with E-state index < -0.39 is 5.97 Å². The van der Waals surface area contributed by atoms with Crippen molar-refractivity contribution < 1.29 is 14.6 Å². The van der Waals surface area contributed by atoms with Crippen LogP contribution < -0.4 is 4.74 Å². The predicted octanol–water partition coefficient (Wildman–Crippen LogP) is 3.72. The Morgan fingerprint density at radius 1 is 1.47 bits per heavy atom. The molecule has 0 saturated heterocycles. The molecule has 4 heteroatoms. The third kappa shape index (κ3) is 3.00. The highest BCUT2D eigenvalue weighted by Gasteiger charge is 2.21. The van der Waals surface area contributed by atoms with E-state index >= 15 is 0 Å². The summed E-state index contributed by atoms with van der Waals surface area (Å²) in [5, 5.41) is 9.13. The molecule has 1 N–H and O–H groups in total. The lowest BCUT2D eigenvalue weighted by molar-refractivity contribution is 0.0692. The summed E-state index contributed by atoms with van der Waals surface area (Å²) in [4.78, 5) is 12.6. The van der Waals surface area contributed by atoms with Gasteiger partial charge in [0, 0.05) is 4.88 Å². The molecule has 0 radical (unpaired) electrons. The third-order valence-electron chi connectivity index (χ3n) is 3.14. The normalized spacial score (nSPS) is 17.0. The number of aromatic carboxylic acids is 1. The van der Waals surface area contributed by atoms with Crippen molar-refractivity contribution in [1.29, 1.82) is 0 Å². The van der Waals surface area contributed by atoms with Gasteiger partial charge in [0.25, 0.3) is 0 Å². The molecule has 1 aliphatic carbocycles. The van der Waals surface area contributed by atoms with Crippen LogP contribution in [0.2, 0.25) is 0 Å². The third-order valence-corrected chi connectivity index (χ3v) is 4.39. The fourth-order valence-electron chi connectivity index (χ4n) is 2.20. The first-order valence-corrected chi connectivity index (χ1v) is 7.05. The summed E-state index contributed by atoms with van der Waals surface area (Å²) in [6.45, 7) is 2.03. The van der Waals surface area contributed by atoms with E-state index in [0.29, 0.717) is 10.6 Å². The molecule has 0 bridgehead atoms. The van der Waals surface area contributed by atoms with Crippen molar-refractivity contribution in [2.45, 2.75) is 51.6 Å². The van der Waals surface area contributed by atoms with Crippen LogP contribution in [0.1, 0.15) is 53.6 Å². The van der Waals surface area contributed by atoms with E-state index in [1.807, 2.05) is 13.0 Å². The highest BCUT2D eigenvalue weighted by atomic mass is 32.1. The Balaban J connectivity index is 2.12. The van der Waals surface area contributed by atoms with Crippen molar-refractivity contribution in [2.24, 2.45) is 0 Å². The van der Waals surface area contributed by atoms with E-state index in [2.05, 4.69) is 0 Å². The van der Waals surface area contributed by atoms with Gasteiger partial charge in [-0.25, -0.2) is 4.79 Å². The minimum absolute atomic E-state index is 0.209. The summed E-state index contributed by atoms with van der Waals surface area (Å²) in [5.74, 6) is -0.299. The second kappa shape index (κ2) is 5.54. The lowest BCUT2D eigenvalue weighted by Gasteiger charge is -2.22. The molecule has 17 heavy (non-hydrogen) atoms. The average molecular weight is 254 g/mol. The maximum absolute atomic E-state index is 11.1. The van der Waals surface area contributed by atoms with Gasteiger partial charge in [-0.15, -0.1) is 11.3 Å². The fourth-order valence-corrected chi connectivity index (χ4v) is 3.06. The van der Waals surface area contributed by atoms with Gasteiger partial charge in [0.1, 0.15) is 5.75 Å². The van der Waals surface area contributed by atoms with Gasteiger partial charge < -0.3 is 9.84 Å². The Bertz CT molecular complexity index is 391. The summed E-state index contributed by atoms with van der Waals surface area (Å²) in [5.41, 5.74) is 0. The van der Waals surface area contributed by atoms with Crippen LogP contribution in [0.4, 0.5) is 0 Å². The van der Waals surface area contributed by atoms with Crippen LogP contribution in [0, 0.1) is 0 Å². The number of ether oxygens (including phenoxy) is 1. The zero-order valence-corrected chi connectivity index (χ0v) is 10.9. The lowest BCUT2D eigenvalue weighted by Crippen LogP contribution is -2.20. The molecule has 1 saturated carbocycles. The van der Waals surface area contributed by atoms with Crippen LogP contribution in [0.15, 0.2) is 6.07 Å². The maximum atomic E-state index is 11.1. The molecular formula is C13H18O3S. The lowest BCUT2D eigenvalue weighted by atomic mass is 9.98. The summed E-state index contributed by atoms with van der Waals surface area (Å²) in [6, 6.07) is 1.89. The standard InChI is InChI=1S/C13H18O3S/c1-2-10-8-11(12(17-10)13(14)15)16-9-6-4-3-5-7-9/h8-9H,2-7H2,1H3,(H,14,15). The number of carboxylic acid groups (broad SMARTS) is 1. The number of rotatable bonds is 4. The second-order valence-corrected chi connectivity index (χ2v) is 5.58. The number of aryl methyl sites for hydroxylation is 1. The quantitative estimate of drug-likeness (QED) is 0.890. The Labute approximate surface area is 105 Å². The van der Waals surface area contributed by atoms with Crippen molar-refractivity contribution in [3.05, 3.63) is 15.8 Å². The molecule has 1 fully saturated rings. The Morgan fingerprint density at radius 2 is 2.18 bits per heavy atom. The average Bonchev–Trinajstić information content (AvgIpc) is 2.74. The molecule has 0 atom stereocenters. The molecule has 0 spiro atoms. The molecule has 0 aromatic carbocycles. The molecule has 0 amide bonds. The van der Waals surface area contributed by atoms with Gasteiger partial charge in [0.05, 0.1) is 6.10 Å². The van der Waals surface area contributed by atoms with Gasteiger partial charge in [-0.05, 0) is 38.2 Å². The van der Waals surface area contributed by atoms with Crippen LogP contribution in [0.5, 0.6) is 5.75 Å². The molecule has 3 nitrogen and oxygen atoms in total. The number of carboxylic acids is 1.